The first-order valence-electron chi connectivity index (χ1n) is 10.6. The van der Waals surface area contributed by atoms with E-state index < -0.39 is 38.1 Å². The molecule has 0 heterocycles. The molecule has 0 aliphatic rings. The molecule has 2 N–H and O–H groups in total. The van der Waals surface area contributed by atoms with Crippen molar-refractivity contribution < 1.29 is 37.1 Å². The van der Waals surface area contributed by atoms with E-state index in [9.17, 15) is 28.2 Å². The zero-order chi connectivity index (χ0) is 25.9. The summed E-state index contributed by atoms with van der Waals surface area (Å²) in [5.74, 6) is -2.53. The molecular weight excluding hydrogens is 484 g/mol. The number of ketones is 2. The Balaban J connectivity index is 1.68. The van der Waals surface area contributed by atoms with E-state index in [-0.39, 0.29) is 28.2 Å². The second-order valence-corrected chi connectivity index (χ2v) is 9.14. The monoisotopic (exact) mass is 504 g/mol. The van der Waals surface area contributed by atoms with Crippen molar-refractivity contribution in [3.05, 3.63) is 113 Å². The lowest BCUT2D eigenvalue weighted by Gasteiger charge is -2.14. The van der Waals surface area contributed by atoms with Crippen molar-refractivity contribution in [1.29, 1.82) is 0 Å². The van der Waals surface area contributed by atoms with E-state index in [1.54, 1.807) is 48.5 Å². The third kappa shape index (κ3) is 4.91. The van der Waals surface area contributed by atoms with Crippen LogP contribution in [0, 0.1) is 0 Å². The van der Waals surface area contributed by atoms with Crippen LogP contribution >= 0.6 is 0 Å². The number of carbonyl (C=O) groups excluding carboxylic acids is 2. The molecule has 0 spiro atoms. The number of phenolic OH excluding ortho intramolecular Hbond substituents is 2. The Bertz CT molecular complexity index is 1550. The minimum Gasteiger partial charge on any atom is -0.507 e. The van der Waals surface area contributed by atoms with E-state index in [4.69, 9.17) is 8.92 Å². The normalized spacial score (nSPS) is 11.0. The third-order valence-electron chi connectivity index (χ3n) is 5.29. The van der Waals surface area contributed by atoms with E-state index in [1.165, 1.54) is 31.4 Å². The predicted octanol–water partition coefficient (Wildman–Crippen LogP) is 4.34. The van der Waals surface area contributed by atoms with Crippen molar-refractivity contribution in [1.82, 2.24) is 0 Å². The molecule has 4 aromatic rings. The minimum atomic E-state index is -4.60. The summed E-state index contributed by atoms with van der Waals surface area (Å²) >= 11 is 0. The molecular formula is C27H20O8S. The smallest absolute Gasteiger partial charge is 0.342 e. The summed E-state index contributed by atoms with van der Waals surface area (Å²) in [7, 11) is -3.40. The van der Waals surface area contributed by atoms with E-state index in [0.717, 1.165) is 18.2 Å². The number of ether oxygens (including phenoxy) is 1. The summed E-state index contributed by atoms with van der Waals surface area (Å²) in [6.07, 6.45) is 0. The Morgan fingerprint density at radius 1 is 0.694 bits per heavy atom. The molecule has 36 heavy (non-hydrogen) atoms. The summed E-state index contributed by atoms with van der Waals surface area (Å²) in [5, 5.41) is 20.7. The van der Waals surface area contributed by atoms with Crippen molar-refractivity contribution in [3.8, 4) is 23.0 Å². The van der Waals surface area contributed by atoms with Gasteiger partial charge >= 0.3 is 10.1 Å². The van der Waals surface area contributed by atoms with Crippen molar-refractivity contribution in [2.24, 2.45) is 0 Å². The Hall–Kier alpha value is -4.63. The average Bonchev–Trinajstić information content (AvgIpc) is 2.88. The molecule has 0 aliphatic heterocycles. The maximum absolute atomic E-state index is 13.1. The van der Waals surface area contributed by atoms with Gasteiger partial charge in [-0.15, -0.1) is 0 Å². The van der Waals surface area contributed by atoms with Crippen LogP contribution in [0.2, 0.25) is 0 Å². The molecule has 4 aromatic carbocycles. The molecule has 0 amide bonds. The Morgan fingerprint density at radius 2 is 1.22 bits per heavy atom. The predicted molar refractivity (Wildman–Crippen MR) is 130 cm³/mol. The van der Waals surface area contributed by atoms with Gasteiger partial charge in [0.1, 0.15) is 27.9 Å². The van der Waals surface area contributed by atoms with Crippen LogP contribution in [0.15, 0.2) is 95.9 Å². The van der Waals surface area contributed by atoms with Gasteiger partial charge < -0.3 is 19.1 Å². The zero-order valence-electron chi connectivity index (χ0n) is 18.9. The fourth-order valence-corrected chi connectivity index (χ4v) is 4.60. The highest BCUT2D eigenvalue weighted by Crippen LogP contribution is 2.35. The molecule has 0 fully saturated rings. The number of hydrogen-bond acceptors (Lipinski definition) is 8. The summed E-state index contributed by atoms with van der Waals surface area (Å²) in [6.45, 7) is 0. The van der Waals surface area contributed by atoms with Crippen LogP contribution in [0.25, 0.3) is 0 Å². The molecule has 8 nitrogen and oxygen atoms in total. The van der Waals surface area contributed by atoms with E-state index >= 15 is 0 Å². The van der Waals surface area contributed by atoms with Crippen LogP contribution in [-0.4, -0.2) is 37.3 Å². The summed E-state index contributed by atoms with van der Waals surface area (Å²) < 4.78 is 36.5. The number of phenols is 2. The SMILES string of the molecule is COc1cc(O)c(C(=O)c2ccccc2)cc1S(=O)(=O)Oc1ccc(C(=O)c2ccccc2)c(O)c1. The summed E-state index contributed by atoms with van der Waals surface area (Å²) in [5.41, 5.74) is 0.282. The van der Waals surface area contributed by atoms with Crippen molar-refractivity contribution in [2.75, 3.05) is 7.11 Å². The Morgan fingerprint density at radius 3 is 1.75 bits per heavy atom. The van der Waals surface area contributed by atoms with Crippen LogP contribution in [-0.2, 0) is 10.1 Å². The first kappa shape index (κ1) is 24.5. The third-order valence-corrected chi connectivity index (χ3v) is 6.56. The molecule has 0 unspecified atom stereocenters. The lowest BCUT2D eigenvalue weighted by molar-refractivity contribution is 0.102. The number of methoxy groups -OCH3 is 1. The lowest BCUT2D eigenvalue weighted by Crippen LogP contribution is -2.13. The number of rotatable bonds is 8. The summed E-state index contributed by atoms with van der Waals surface area (Å²) in [6, 6.07) is 21.7. The van der Waals surface area contributed by atoms with Crippen LogP contribution in [0.5, 0.6) is 23.0 Å². The largest absolute Gasteiger partial charge is 0.507 e. The van der Waals surface area contributed by atoms with Gasteiger partial charge in [0, 0.05) is 23.3 Å². The van der Waals surface area contributed by atoms with Crippen molar-refractivity contribution in [2.45, 2.75) is 4.90 Å². The Kier molecular flexibility index (Phi) is 6.75. The number of hydrogen-bond donors (Lipinski definition) is 2. The standard InChI is InChI=1S/C27H20O8S/c1-34-24-16-23(29)21(27(31)18-10-6-3-7-11-18)15-25(24)36(32,33)35-19-12-13-20(22(28)14-19)26(30)17-8-4-2-5-9-17/h2-16,28-29H,1H3. The topological polar surface area (TPSA) is 127 Å². The fourth-order valence-electron chi connectivity index (χ4n) is 3.50. The van der Waals surface area contributed by atoms with Crippen LogP contribution < -0.4 is 8.92 Å². The average molecular weight is 505 g/mol. The molecule has 4 rings (SSSR count). The van der Waals surface area contributed by atoms with E-state index in [2.05, 4.69) is 0 Å². The van der Waals surface area contributed by atoms with E-state index in [1.807, 2.05) is 0 Å². The molecule has 0 atom stereocenters. The Labute approximate surface area is 207 Å². The van der Waals surface area contributed by atoms with Gasteiger partial charge in [-0.05, 0) is 18.2 Å². The number of carbonyl (C=O) groups is 2. The van der Waals surface area contributed by atoms with Crippen molar-refractivity contribution >= 4 is 21.7 Å². The molecule has 0 aliphatic carbocycles. The molecule has 0 saturated heterocycles. The van der Waals surface area contributed by atoms with Crippen molar-refractivity contribution in [3.63, 3.8) is 0 Å². The van der Waals surface area contributed by atoms with Gasteiger partial charge in [0.15, 0.2) is 11.6 Å². The number of benzene rings is 4. The van der Waals surface area contributed by atoms with Gasteiger partial charge in [0.2, 0.25) is 0 Å². The fraction of sp³-hybridized carbons (Fsp3) is 0.0370. The highest BCUT2D eigenvalue weighted by molar-refractivity contribution is 7.87. The minimum absolute atomic E-state index is 0.0381. The quantitative estimate of drug-likeness (QED) is 0.268. The lowest BCUT2D eigenvalue weighted by atomic mass is 10.0. The van der Waals surface area contributed by atoms with Gasteiger partial charge in [-0.3, -0.25) is 9.59 Å². The molecule has 0 aromatic heterocycles. The van der Waals surface area contributed by atoms with Gasteiger partial charge in [-0.25, -0.2) is 0 Å². The zero-order valence-corrected chi connectivity index (χ0v) is 19.7. The molecule has 0 saturated carbocycles. The highest BCUT2D eigenvalue weighted by atomic mass is 32.2. The van der Waals surface area contributed by atoms with Crippen LogP contribution in [0.3, 0.4) is 0 Å². The molecule has 9 heteroatoms. The van der Waals surface area contributed by atoms with Gasteiger partial charge in [-0.2, -0.15) is 8.42 Å². The second-order valence-electron chi connectivity index (χ2n) is 7.63. The van der Waals surface area contributed by atoms with Gasteiger partial charge in [-0.1, -0.05) is 60.7 Å². The molecule has 182 valence electrons. The second kappa shape index (κ2) is 9.93. The van der Waals surface area contributed by atoms with Crippen LogP contribution in [0.4, 0.5) is 0 Å². The number of aromatic hydroxyl groups is 2. The molecule has 0 bridgehead atoms. The first-order valence-corrected chi connectivity index (χ1v) is 12.0. The molecule has 0 radical (unpaired) electrons. The first-order chi connectivity index (χ1) is 17.2. The van der Waals surface area contributed by atoms with Gasteiger partial charge in [0.05, 0.1) is 18.2 Å². The van der Waals surface area contributed by atoms with E-state index in [0.29, 0.717) is 5.56 Å². The highest BCUT2D eigenvalue weighted by Gasteiger charge is 2.27. The van der Waals surface area contributed by atoms with Crippen LogP contribution in [0.1, 0.15) is 31.8 Å². The maximum atomic E-state index is 13.1. The summed E-state index contributed by atoms with van der Waals surface area (Å²) in [4.78, 5) is 25.0. The maximum Gasteiger partial charge on any atom is 0.342 e. The van der Waals surface area contributed by atoms with Gasteiger partial charge in [0.25, 0.3) is 0 Å².